The number of aromatic nitrogens is 2. The molecule has 114 valence electrons. The molecule has 1 atom stereocenters. The number of fused-ring (bicyclic) bond motifs is 1. The standard InChI is InChI=1S/C14H13N3O3S2/c1-9-6-13(18)15-14-16(9)11(8-22-14)7-21-12-4-2-10(3-5-12)17(19)20/h2-6,11H,7-8H2,1H3/t11-/m0/s1. The van der Waals surface area contributed by atoms with Gasteiger partial charge in [-0.05, 0) is 19.1 Å². The number of benzene rings is 1. The average molecular weight is 335 g/mol. The first-order valence-corrected chi connectivity index (χ1v) is 8.62. The number of nitro benzene ring substituents is 1. The SMILES string of the molecule is Cc1cc(=O)nc2n1[C@@H](CSc1ccc([N+](=O)[O-])cc1)CS2. The van der Waals surface area contributed by atoms with Gasteiger partial charge in [-0.25, -0.2) is 0 Å². The van der Waals surface area contributed by atoms with E-state index in [0.717, 1.165) is 27.3 Å². The average Bonchev–Trinajstić information content (AvgIpc) is 2.88. The summed E-state index contributed by atoms with van der Waals surface area (Å²) < 4.78 is 2.10. The van der Waals surface area contributed by atoms with Gasteiger partial charge in [0.05, 0.1) is 11.0 Å². The highest BCUT2D eigenvalue weighted by molar-refractivity contribution is 8.00. The van der Waals surface area contributed by atoms with Gasteiger partial charge in [0, 0.05) is 40.3 Å². The molecule has 1 aromatic carbocycles. The van der Waals surface area contributed by atoms with Gasteiger partial charge >= 0.3 is 0 Å². The lowest BCUT2D eigenvalue weighted by atomic mass is 10.3. The smallest absolute Gasteiger partial charge is 0.273 e. The number of aryl methyl sites for hydroxylation is 1. The molecular weight excluding hydrogens is 322 g/mol. The van der Waals surface area contributed by atoms with Gasteiger partial charge in [-0.15, -0.1) is 11.8 Å². The van der Waals surface area contributed by atoms with Crippen molar-refractivity contribution in [1.82, 2.24) is 9.55 Å². The van der Waals surface area contributed by atoms with Crippen LogP contribution in [-0.2, 0) is 0 Å². The van der Waals surface area contributed by atoms with E-state index < -0.39 is 4.92 Å². The van der Waals surface area contributed by atoms with Crippen molar-refractivity contribution in [3.8, 4) is 0 Å². The molecule has 3 rings (SSSR count). The van der Waals surface area contributed by atoms with Crippen LogP contribution in [0.3, 0.4) is 0 Å². The maximum atomic E-state index is 11.4. The third kappa shape index (κ3) is 3.02. The van der Waals surface area contributed by atoms with E-state index in [2.05, 4.69) is 9.55 Å². The Hall–Kier alpha value is -1.80. The minimum Gasteiger partial charge on any atom is -0.320 e. The van der Waals surface area contributed by atoms with Gasteiger partial charge in [-0.3, -0.25) is 14.9 Å². The summed E-state index contributed by atoms with van der Waals surface area (Å²) in [5.41, 5.74) is 0.831. The van der Waals surface area contributed by atoms with Gasteiger partial charge in [0.1, 0.15) is 0 Å². The number of non-ortho nitro benzene ring substituents is 1. The molecule has 1 aliphatic rings. The zero-order chi connectivity index (χ0) is 15.7. The lowest BCUT2D eigenvalue weighted by Crippen LogP contribution is -2.18. The highest BCUT2D eigenvalue weighted by Gasteiger charge is 2.24. The molecule has 0 saturated heterocycles. The molecule has 0 N–H and O–H groups in total. The molecule has 6 nitrogen and oxygen atoms in total. The summed E-state index contributed by atoms with van der Waals surface area (Å²) in [6, 6.07) is 8.39. The van der Waals surface area contributed by atoms with Crippen LogP contribution in [0.2, 0.25) is 0 Å². The van der Waals surface area contributed by atoms with Crippen LogP contribution in [0.5, 0.6) is 0 Å². The molecule has 0 spiro atoms. The Balaban J connectivity index is 1.71. The second-order valence-corrected chi connectivity index (χ2v) is 7.00. The Labute approximate surface area is 135 Å². The van der Waals surface area contributed by atoms with E-state index >= 15 is 0 Å². The number of thioether (sulfide) groups is 2. The summed E-state index contributed by atoms with van der Waals surface area (Å²) in [7, 11) is 0. The van der Waals surface area contributed by atoms with Crippen molar-refractivity contribution in [2.45, 2.75) is 23.0 Å². The Morgan fingerprint density at radius 3 is 2.86 bits per heavy atom. The summed E-state index contributed by atoms with van der Waals surface area (Å²) in [4.78, 5) is 26.7. The maximum Gasteiger partial charge on any atom is 0.273 e. The Morgan fingerprint density at radius 2 is 2.18 bits per heavy atom. The Bertz CT molecular complexity index is 774. The lowest BCUT2D eigenvalue weighted by Gasteiger charge is -2.16. The van der Waals surface area contributed by atoms with Crippen molar-refractivity contribution in [2.75, 3.05) is 11.5 Å². The third-order valence-corrected chi connectivity index (χ3v) is 5.64. The number of nitrogens with zero attached hydrogens (tertiary/aromatic N) is 3. The molecule has 0 bridgehead atoms. The van der Waals surface area contributed by atoms with Crippen molar-refractivity contribution < 1.29 is 4.92 Å². The minimum absolute atomic E-state index is 0.100. The summed E-state index contributed by atoms with van der Waals surface area (Å²) in [5.74, 6) is 1.72. The zero-order valence-corrected chi connectivity index (χ0v) is 13.4. The predicted octanol–water partition coefficient (Wildman–Crippen LogP) is 2.90. The topological polar surface area (TPSA) is 78.0 Å². The van der Waals surface area contributed by atoms with E-state index in [-0.39, 0.29) is 17.3 Å². The molecule has 0 aliphatic carbocycles. The van der Waals surface area contributed by atoms with Crippen molar-refractivity contribution in [1.29, 1.82) is 0 Å². The van der Waals surface area contributed by atoms with E-state index in [0.29, 0.717) is 0 Å². The third-order valence-electron chi connectivity index (χ3n) is 3.38. The van der Waals surface area contributed by atoms with Crippen LogP contribution in [0, 0.1) is 17.0 Å². The molecule has 1 aliphatic heterocycles. The van der Waals surface area contributed by atoms with Crippen molar-refractivity contribution in [2.24, 2.45) is 0 Å². The molecule has 8 heteroatoms. The number of nitro groups is 1. The van der Waals surface area contributed by atoms with Crippen molar-refractivity contribution in [3.05, 3.63) is 56.5 Å². The first-order valence-electron chi connectivity index (χ1n) is 6.65. The highest BCUT2D eigenvalue weighted by Crippen LogP contribution is 2.35. The van der Waals surface area contributed by atoms with E-state index in [1.807, 2.05) is 6.92 Å². The van der Waals surface area contributed by atoms with E-state index in [4.69, 9.17) is 0 Å². The van der Waals surface area contributed by atoms with Crippen molar-refractivity contribution >= 4 is 29.2 Å². The number of hydrogen-bond acceptors (Lipinski definition) is 6. The van der Waals surface area contributed by atoms with Crippen LogP contribution >= 0.6 is 23.5 Å². The van der Waals surface area contributed by atoms with E-state index in [1.165, 1.54) is 12.1 Å². The van der Waals surface area contributed by atoms with Gasteiger partial charge in [0.15, 0.2) is 5.16 Å². The molecule has 0 unspecified atom stereocenters. The Kier molecular flexibility index (Phi) is 4.21. The second-order valence-electron chi connectivity index (χ2n) is 4.92. The summed E-state index contributed by atoms with van der Waals surface area (Å²) >= 11 is 3.25. The van der Waals surface area contributed by atoms with Gasteiger partial charge in [0.2, 0.25) is 0 Å². The molecular formula is C14H13N3O3S2. The van der Waals surface area contributed by atoms with Crippen LogP contribution < -0.4 is 5.56 Å². The first kappa shape index (κ1) is 15.1. The van der Waals surface area contributed by atoms with Crippen LogP contribution in [0.25, 0.3) is 0 Å². The minimum atomic E-state index is -0.399. The van der Waals surface area contributed by atoms with Crippen LogP contribution in [-0.4, -0.2) is 26.0 Å². The molecule has 0 saturated carbocycles. The second kappa shape index (κ2) is 6.13. The van der Waals surface area contributed by atoms with Crippen LogP contribution in [0.15, 0.2) is 45.2 Å². The van der Waals surface area contributed by atoms with Crippen molar-refractivity contribution in [3.63, 3.8) is 0 Å². The van der Waals surface area contributed by atoms with Gasteiger partial charge in [-0.1, -0.05) is 11.8 Å². The molecule has 0 fully saturated rings. The molecule has 0 radical (unpaired) electrons. The van der Waals surface area contributed by atoms with Gasteiger partial charge in [-0.2, -0.15) is 4.98 Å². The van der Waals surface area contributed by atoms with E-state index in [1.54, 1.807) is 41.7 Å². The van der Waals surface area contributed by atoms with Gasteiger partial charge < -0.3 is 4.57 Å². The summed E-state index contributed by atoms with van der Waals surface area (Å²) in [5, 5.41) is 11.4. The monoisotopic (exact) mass is 335 g/mol. The highest BCUT2D eigenvalue weighted by atomic mass is 32.2. The fourth-order valence-electron chi connectivity index (χ4n) is 2.35. The molecule has 2 aromatic rings. The quantitative estimate of drug-likeness (QED) is 0.370. The number of rotatable bonds is 4. The molecule has 22 heavy (non-hydrogen) atoms. The molecule has 2 heterocycles. The van der Waals surface area contributed by atoms with Crippen LogP contribution in [0.4, 0.5) is 5.69 Å². The molecule has 1 aromatic heterocycles. The fraction of sp³-hybridized carbons (Fsp3) is 0.286. The van der Waals surface area contributed by atoms with E-state index in [9.17, 15) is 14.9 Å². The maximum absolute atomic E-state index is 11.4. The first-order chi connectivity index (χ1) is 10.5. The lowest BCUT2D eigenvalue weighted by molar-refractivity contribution is -0.384. The summed E-state index contributed by atoms with van der Waals surface area (Å²) in [6.45, 7) is 1.92. The predicted molar refractivity (Wildman–Crippen MR) is 86.8 cm³/mol. The van der Waals surface area contributed by atoms with Gasteiger partial charge in [0.25, 0.3) is 11.2 Å². The zero-order valence-electron chi connectivity index (χ0n) is 11.8. The van der Waals surface area contributed by atoms with Crippen LogP contribution in [0.1, 0.15) is 11.7 Å². The summed E-state index contributed by atoms with van der Waals surface area (Å²) in [6.07, 6.45) is 0. The Morgan fingerprint density at radius 1 is 1.45 bits per heavy atom. The normalized spacial score (nSPS) is 16.5. The number of hydrogen-bond donors (Lipinski definition) is 0. The largest absolute Gasteiger partial charge is 0.320 e. The fourth-order valence-corrected chi connectivity index (χ4v) is 4.67. The molecule has 0 amide bonds.